The number of nitrogens with one attached hydrogen (secondary N) is 1. The Labute approximate surface area is 94.6 Å². The zero-order valence-electron chi connectivity index (χ0n) is 8.76. The molecule has 1 aliphatic rings. The molecule has 1 aromatic carbocycles. The number of rotatable bonds is 3. The van der Waals surface area contributed by atoms with Crippen molar-refractivity contribution in [3.63, 3.8) is 0 Å². The van der Waals surface area contributed by atoms with Gasteiger partial charge in [0.1, 0.15) is 5.82 Å². The first-order valence-corrected chi connectivity index (χ1v) is 5.69. The lowest BCUT2D eigenvalue weighted by Crippen LogP contribution is -2.32. The van der Waals surface area contributed by atoms with Crippen LogP contribution in [-0.4, -0.2) is 13.6 Å². The summed E-state index contributed by atoms with van der Waals surface area (Å²) in [6, 6.07) is 4.65. The summed E-state index contributed by atoms with van der Waals surface area (Å²) in [5.41, 5.74) is 0.975. The highest BCUT2D eigenvalue weighted by molar-refractivity contribution is 6.31. The maximum absolute atomic E-state index is 13.1. The van der Waals surface area contributed by atoms with Gasteiger partial charge >= 0.3 is 0 Å². The summed E-state index contributed by atoms with van der Waals surface area (Å²) >= 11 is 6.08. The van der Waals surface area contributed by atoms with Gasteiger partial charge in [-0.3, -0.25) is 0 Å². The van der Waals surface area contributed by atoms with E-state index < -0.39 is 0 Å². The van der Waals surface area contributed by atoms with Crippen LogP contribution in [0.25, 0.3) is 0 Å². The van der Waals surface area contributed by atoms with Crippen LogP contribution in [0.4, 0.5) is 4.39 Å². The Balaban J connectivity index is 2.18. The minimum atomic E-state index is -0.190. The summed E-state index contributed by atoms with van der Waals surface area (Å²) in [6.07, 6.45) is 2.33. The first-order valence-electron chi connectivity index (χ1n) is 5.32. The van der Waals surface area contributed by atoms with E-state index in [1.54, 1.807) is 12.1 Å². The molecule has 82 valence electrons. The van der Waals surface area contributed by atoms with E-state index >= 15 is 0 Å². The molecular weight excluding hydrogens is 213 g/mol. The molecule has 0 aromatic heterocycles. The third kappa shape index (κ3) is 2.16. The van der Waals surface area contributed by atoms with Crippen molar-refractivity contribution in [2.24, 2.45) is 5.92 Å². The lowest BCUT2D eigenvalue weighted by Gasteiger charge is -2.37. The normalized spacial score (nSPS) is 25.0. The van der Waals surface area contributed by atoms with E-state index in [0.29, 0.717) is 16.9 Å². The van der Waals surface area contributed by atoms with Crippen LogP contribution >= 0.6 is 11.6 Å². The molecule has 2 rings (SSSR count). The van der Waals surface area contributed by atoms with Gasteiger partial charge in [-0.05, 0) is 62.0 Å². The molecular formula is C12H15ClFN. The van der Waals surface area contributed by atoms with Gasteiger partial charge in [0.05, 0.1) is 0 Å². The molecule has 0 heterocycles. The molecule has 1 N–H and O–H groups in total. The van der Waals surface area contributed by atoms with Crippen molar-refractivity contribution in [1.29, 1.82) is 0 Å². The molecule has 3 heteroatoms. The van der Waals surface area contributed by atoms with E-state index in [1.807, 2.05) is 7.05 Å². The monoisotopic (exact) mass is 227 g/mol. The third-order valence-electron chi connectivity index (χ3n) is 3.24. The Morgan fingerprint density at radius 3 is 2.87 bits per heavy atom. The first kappa shape index (κ1) is 10.9. The zero-order valence-corrected chi connectivity index (χ0v) is 9.52. The van der Waals surface area contributed by atoms with Crippen molar-refractivity contribution in [3.8, 4) is 0 Å². The summed E-state index contributed by atoms with van der Waals surface area (Å²) in [6.45, 7) is 0.984. The second kappa shape index (κ2) is 4.50. The van der Waals surface area contributed by atoms with Gasteiger partial charge in [0.15, 0.2) is 0 Å². The lowest BCUT2D eigenvalue weighted by atomic mass is 9.70. The van der Waals surface area contributed by atoms with E-state index in [9.17, 15) is 4.39 Å². The van der Waals surface area contributed by atoms with E-state index in [1.165, 1.54) is 12.5 Å². The van der Waals surface area contributed by atoms with Gasteiger partial charge in [-0.1, -0.05) is 11.6 Å². The third-order valence-corrected chi connectivity index (χ3v) is 3.59. The fourth-order valence-electron chi connectivity index (χ4n) is 2.28. The number of benzene rings is 1. The molecule has 2 atom stereocenters. The second-order valence-corrected chi connectivity index (χ2v) is 4.57. The maximum atomic E-state index is 13.1. The van der Waals surface area contributed by atoms with Gasteiger partial charge in [0.25, 0.3) is 0 Å². The van der Waals surface area contributed by atoms with Crippen molar-refractivity contribution in [3.05, 3.63) is 34.6 Å². The standard InChI is InChI=1S/C12H15ClFN/c1-15-7-8-2-4-10(8)11-6-9(14)3-5-12(11)13/h3,5-6,8,10,15H,2,4,7H2,1H3. The number of halogens is 2. The number of hydrogen-bond donors (Lipinski definition) is 1. The van der Waals surface area contributed by atoms with E-state index in [2.05, 4.69) is 5.32 Å². The summed E-state index contributed by atoms with van der Waals surface area (Å²) in [5.74, 6) is 0.847. The van der Waals surface area contributed by atoms with Crippen molar-refractivity contribution >= 4 is 11.6 Å². The quantitative estimate of drug-likeness (QED) is 0.836. The Kier molecular flexibility index (Phi) is 3.27. The predicted octanol–water partition coefficient (Wildman–Crippen LogP) is 3.19. The van der Waals surface area contributed by atoms with Crippen LogP contribution in [0.2, 0.25) is 5.02 Å². The smallest absolute Gasteiger partial charge is 0.123 e. The highest BCUT2D eigenvalue weighted by Gasteiger charge is 2.32. The lowest BCUT2D eigenvalue weighted by molar-refractivity contribution is 0.250. The molecule has 1 aliphatic carbocycles. The molecule has 15 heavy (non-hydrogen) atoms. The van der Waals surface area contributed by atoms with Crippen LogP contribution in [0.3, 0.4) is 0 Å². The van der Waals surface area contributed by atoms with Crippen LogP contribution in [0.1, 0.15) is 24.3 Å². The van der Waals surface area contributed by atoms with E-state index in [0.717, 1.165) is 18.5 Å². The minimum Gasteiger partial charge on any atom is -0.319 e. The van der Waals surface area contributed by atoms with Crippen LogP contribution in [-0.2, 0) is 0 Å². The summed E-state index contributed by atoms with van der Waals surface area (Å²) in [7, 11) is 1.95. The molecule has 0 radical (unpaired) electrons. The Hall–Kier alpha value is -0.600. The van der Waals surface area contributed by atoms with Crippen LogP contribution in [0, 0.1) is 11.7 Å². The zero-order chi connectivity index (χ0) is 10.8. The van der Waals surface area contributed by atoms with Crippen molar-refractivity contribution in [2.45, 2.75) is 18.8 Å². The molecule has 1 fully saturated rings. The Bertz CT molecular complexity index is 353. The maximum Gasteiger partial charge on any atom is 0.123 e. The minimum absolute atomic E-state index is 0.190. The Morgan fingerprint density at radius 2 is 2.27 bits per heavy atom. The molecule has 1 nitrogen and oxygen atoms in total. The molecule has 0 bridgehead atoms. The molecule has 1 saturated carbocycles. The van der Waals surface area contributed by atoms with Gasteiger partial charge in [-0.25, -0.2) is 4.39 Å². The van der Waals surface area contributed by atoms with Crippen LogP contribution < -0.4 is 5.32 Å². The second-order valence-electron chi connectivity index (χ2n) is 4.17. The highest BCUT2D eigenvalue weighted by Crippen LogP contribution is 2.44. The average Bonchev–Trinajstić information content (AvgIpc) is 2.18. The van der Waals surface area contributed by atoms with Crippen molar-refractivity contribution in [2.75, 3.05) is 13.6 Å². The van der Waals surface area contributed by atoms with Gasteiger partial charge in [0.2, 0.25) is 0 Å². The summed E-state index contributed by atoms with van der Waals surface area (Å²) in [4.78, 5) is 0. The number of hydrogen-bond acceptors (Lipinski definition) is 1. The van der Waals surface area contributed by atoms with Crippen molar-refractivity contribution < 1.29 is 4.39 Å². The first-order chi connectivity index (χ1) is 7.22. The largest absolute Gasteiger partial charge is 0.319 e. The predicted molar refractivity (Wildman–Crippen MR) is 60.8 cm³/mol. The SMILES string of the molecule is CNCC1CCC1c1cc(F)ccc1Cl. The van der Waals surface area contributed by atoms with Gasteiger partial charge < -0.3 is 5.32 Å². The molecule has 1 aromatic rings. The topological polar surface area (TPSA) is 12.0 Å². The summed E-state index contributed by atoms with van der Waals surface area (Å²) < 4.78 is 13.1. The fraction of sp³-hybridized carbons (Fsp3) is 0.500. The van der Waals surface area contributed by atoms with Gasteiger partial charge in [-0.2, -0.15) is 0 Å². The van der Waals surface area contributed by atoms with Gasteiger partial charge in [-0.15, -0.1) is 0 Å². The van der Waals surface area contributed by atoms with E-state index in [-0.39, 0.29) is 5.82 Å². The highest BCUT2D eigenvalue weighted by atomic mass is 35.5. The molecule has 0 saturated heterocycles. The average molecular weight is 228 g/mol. The van der Waals surface area contributed by atoms with Crippen molar-refractivity contribution in [1.82, 2.24) is 5.32 Å². The van der Waals surface area contributed by atoms with Crippen LogP contribution in [0.15, 0.2) is 18.2 Å². The molecule has 0 spiro atoms. The van der Waals surface area contributed by atoms with Gasteiger partial charge in [0, 0.05) is 5.02 Å². The molecule has 2 unspecified atom stereocenters. The molecule has 0 aliphatic heterocycles. The summed E-state index contributed by atoms with van der Waals surface area (Å²) in [5, 5.41) is 3.86. The fourth-order valence-corrected chi connectivity index (χ4v) is 2.54. The van der Waals surface area contributed by atoms with Crippen LogP contribution in [0.5, 0.6) is 0 Å². The Morgan fingerprint density at radius 1 is 1.47 bits per heavy atom. The molecule has 0 amide bonds. The van der Waals surface area contributed by atoms with E-state index in [4.69, 9.17) is 11.6 Å².